The molecule has 22 heavy (non-hydrogen) atoms. The number of ether oxygens (including phenoxy) is 2. The number of aryl methyl sites for hydroxylation is 1. The van der Waals surface area contributed by atoms with Crippen molar-refractivity contribution in [1.82, 2.24) is 5.32 Å². The van der Waals surface area contributed by atoms with Crippen LogP contribution < -0.4 is 15.8 Å². The molecule has 1 aliphatic rings. The van der Waals surface area contributed by atoms with Gasteiger partial charge in [0.15, 0.2) is 0 Å². The van der Waals surface area contributed by atoms with Gasteiger partial charge >= 0.3 is 0 Å². The van der Waals surface area contributed by atoms with Crippen LogP contribution in [0.4, 0.5) is 0 Å². The van der Waals surface area contributed by atoms with Gasteiger partial charge in [-0.2, -0.15) is 0 Å². The number of nitrogens with one attached hydrogen (secondary N) is 1. The molecular formula is C16H23ClN2O3. The van der Waals surface area contributed by atoms with E-state index >= 15 is 0 Å². The summed E-state index contributed by atoms with van der Waals surface area (Å²) in [6.45, 7) is 3.53. The van der Waals surface area contributed by atoms with Crippen molar-refractivity contribution < 1.29 is 14.3 Å². The highest BCUT2D eigenvalue weighted by atomic mass is 35.5. The lowest BCUT2D eigenvalue weighted by atomic mass is 10.2. The van der Waals surface area contributed by atoms with Crippen molar-refractivity contribution in [3.63, 3.8) is 0 Å². The van der Waals surface area contributed by atoms with Crippen LogP contribution in [0.2, 0.25) is 5.02 Å². The summed E-state index contributed by atoms with van der Waals surface area (Å²) < 4.78 is 11.2. The number of amides is 1. The summed E-state index contributed by atoms with van der Waals surface area (Å²) in [6, 6.07) is 5.52. The van der Waals surface area contributed by atoms with Gasteiger partial charge in [0.05, 0.1) is 12.7 Å². The topological polar surface area (TPSA) is 73.6 Å². The molecule has 0 aromatic heterocycles. The number of hydrogen-bond acceptors (Lipinski definition) is 4. The third kappa shape index (κ3) is 4.87. The Labute approximate surface area is 136 Å². The van der Waals surface area contributed by atoms with E-state index in [-0.39, 0.29) is 18.1 Å². The zero-order valence-corrected chi connectivity index (χ0v) is 13.6. The minimum absolute atomic E-state index is 0.0203. The molecular weight excluding hydrogens is 304 g/mol. The van der Waals surface area contributed by atoms with E-state index in [0.717, 1.165) is 30.6 Å². The highest BCUT2D eigenvalue weighted by molar-refractivity contribution is 6.30. The second-order valence-electron chi connectivity index (χ2n) is 5.46. The largest absolute Gasteiger partial charge is 0.493 e. The predicted octanol–water partition coefficient (Wildman–Crippen LogP) is 2.04. The molecule has 1 aromatic rings. The maximum atomic E-state index is 11.9. The second-order valence-corrected chi connectivity index (χ2v) is 5.90. The molecule has 2 atom stereocenters. The zero-order chi connectivity index (χ0) is 15.9. The van der Waals surface area contributed by atoms with Crippen LogP contribution >= 0.6 is 11.6 Å². The number of benzene rings is 1. The number of rotatable bonds is 7. The fraction of sp³-hybridized carbons (Fsp3) is 0.562. The molecule has 0 bridgehead atoms. The van der Waals surface area contributed by atoms with E-state index in [1.54, 1.807) is 6.07 Å². The molecule has 1 amide bonds. The van der Waals surface area contributed by atoms with Crippen molar-refractivity contribution in [2.24, 2.45) is 5.73 Å². The molecule has 1 fully saturated rings. The monoisotopic (exact) mass is 326 g/mol. The van der Waals surface area contributed by atoms with E-state index in [1.807, 2.05) is 19.1 Å². The molecule has 6 heteroatoms. The fourth-order valence-electron chi connectivity index (χ4n) is 2.43. The van der Waals surface area contributed by atoms with Crippen LogP contribution in [0.3, 0.4) is 0 Å². The fourth-order valence-corrected chi connectivity index (χ4v) is 2.65. The Balaban J connectivity index is 1.62. The van der Waals surface area contributed by atoms with Gasteiger partial charge in [-0.25, -0.2) is 0 Å². The number of nitrogens with two attached hydrogens (primary N) is 1. The molecule has 0 aliphatic carbocycles. The molecule has 0 unspecified atom stereocenters. The summed E-state index contributed by atoms with van der Waals surface area (Å²) in [5.41, 5.74) is 6.53. The minimum Gasteiger partial charge on any atom is -0.493 e. The molecule has 0 saturated carbocycles. The van der Waals surface area contributed by atoms with Crippen molar-refractivity contribution in [1.29, 1.82) is 0 Å². The van der Waals surface area contributed by atoms with Gasteiger partial charge in [-0.1, -0.05) is 11.6 Å². The Morgan fingerprint density at radius 2 is 2.32 bits per heavy atom. The van der Waals surface area contributed by atoms with Gasteiger partial charge in [0.25, 0.3) is 0 Å². The second kappa shape index (κ2) is 8.36. The predicted molar refractivity (Wildman–Crippen MR) is 86.3 cm³/mol. The molecule has 1 heterocycles. The summed E-state index contributed by atoms with van der Waals surface area (Å²) in [6.07, 6.45) is 2.00. The van der Waals surface area contributed by atoms with Crippen molar-refractivity contribution in [2.45, 2.75) is 38.4 Å². The summed E-state index contributed by atoms with van der Waals surface area (Å²) in [4.78, 5) is 11.9. The first-order valence-electron chi connectivity index (χ1n) is 7.62. The maximum Gasteiger partial charge on any atom is 0.249 e. The average molecular weight is 327 g/mol. The zero-order valence-electron chi connectivity index (χ0n) is 12.8. The van der Waals surface area contributed by atoms with Crippen LogP contribution in [0.25, 0.3) is 0 Å². The first-order valence-corrected chi connectivity index (χ1v) is 8.00. The van der Waals surface area contributed by atoms with Gasteiger partial charge in [0, 0.05) is 18.1 Å². The van der Waals surface area contributed by atoms with Crippen LogP contribution in [0.5, 0.6) is 5.75 Å². The number of hydrogen-bond donors (Lipinski definition) is 2. The lowest BCUT2D eigenvalue weighted by Gasteiger charge is -2.13. The number of halogens is 1. The Morgan fingerprint density at radius 3 is 3.00 bits per heavy atom. The summed E-state index contributed by atoms with van der Waals surface area (Å²) in [7, 11) is 0. The van der Waals surface area contributed by atoms with Crippen molar-refractivity contribution in [3.8, 4) is 5.75 Å². The third-order valence-electron chi connectivity index (χ3n) is 3.68. The molecule has 3 N–H and O–H groups in total. The molecule has 5 nitrogen and oxygen atoms in total. The Kier molecular flexibility index (Phi) is 6.49. The van der Waals surface area contributed by atoms with Gasteiger partial charge in [-0.3, -0.25) is 4.79 Å². The van der Waals surface area contributed by atoms with E-state index in [0.29, 0.717) is 24.7 Å². The molecule has 122 valence electrons. The Bertz CT molecular complexity index is 510. The smallest absolute Gasteiger partial charge is 0.249 e. The third-order valence-corrected chi connectivity index (χ3v) is 3.91. The molecule has 0 radical (unpaired) electrons. The highest BCUT2D eigenvalue weighted by Gasteiger charge is 2.29. The SMILES string of the molecule is Cc1cc(Cl)ccc1OCCCNC(=O)[C@@H]1CC[C@H](CN)O1. The summed E-state index contributed by atoms with van der Waals surface area (Å²) >= 11 is 5.90. The van der Waals surface area contributed by atoms with Crippen LogP contribution in [0.1, 0.15) is 24.8 Å². The molecule has 1 saturated heterocycles. The van der Waals surface area contributed by atoms with E-state index in [1.165, 1.54) is 0 Å². The van der Waals surface area contributed by atoms with Crippen molar-refractivity contribution in [3.05, 3.63) is 28.8 Å². The normalized spacial score (nSPS) is 20.9. The van der Waals surface area contributed by atoms with Crippen molar-refractivity contribution in [2.75, 3.05) is 19.7 Å². The minimum atomic E-state index is -0.354. The lowest BCUT2D eigenvalue weighted by molar-refractivity contribution is -0.131. The Hall–Kier alpha value is -1.30. The summed E-state index contributed by atoms with van der Waals surface area (Å²) in [5.74, 6) is 0.763. The van der Waals surface area contributed by atoms with Crippen LogP contribution in [-0.4, -0.2) is 37.8 Å². The summed E-state index contributed by atoms with van der Waals surface area (Å²) in [5, 5.41) is 3.57. The maximum absolute atomic E-state index is 11.9. The average Bonchev–Trinajstić information content (AvgIpc) is 2.97. The van der Waals surface area contributed by atoms with Crippen LogP contribution in [0.15, 0.2) is 18.2 Å². The molecule has 1 aliphatic heterocycles. The molecule has 1 aromatic carbocycles. The number of carbonyl (C=O) groups is 1. The van der Waals surface area contributed by atoms with Gasteiger partial charge in [0.1, 0.15) is 11.9 Å². The van der Waals surface area contributed by atoms with E-state index < -0.39 is 0 Å². The lowest BCUT2D eigenvalue weighted by Crippen LogP contribution is -2.36. The molecule has 2 rings (SSSR count). The Morgan fingerprint density at radius 1 is 1.50 bits per heavy atom. The van der Waals surface area contributed by atoms with Crippen LogP contribution in [0, 0.1) is 6.92 Å². The van der Waals surface area contributed by atoms with Crippen molar-refractivity contribution >= 4 is 17.5 Å². The van der Waals surface area contributed by atoms with Crippen LogP contribution in [-0.2, 0) is 9.53 Å². The highest BCUT2D eigenvalue weighted by Crippen LogP contribution is 2.22. The first kappa shape index (κ1) is 17.1. The van der Waals surface area contributed by atoms with Gasteiger partial charge in [-0.05, 0) is 49.9 Å². The molecule has 0 spiro atoms. The van der Waals surface area contributed by atoms with Gasteiger partial charge in [-0.15, -0.1) is 0 Å². The van der Waals surface area contributed by atoms with Gasteiger partial charge < -0.3 is 20.5 Å². The van der Waals surface area contributed by atoms with E-state index in [2.05, 4.69) is 5.32 Å². The standard InChI is InChI=1S/C16H23ClN2O3/c1-11-9-12(17)3-5-14(11)21-8-2-7-19-16(20)15-6-4-13(10-18)22-15/h3,5,9,13,15H,2,4,6-8,10,18H2,1H3,(H,19,20)/t13-,15+/m1/s1. The number of carbonyl (C=O) groups excluding carboxylic acids is 1. The quantitative estimate of drug-likeness (QED) is 0.752. The first-order chi connectivity index (χ1) is 10.6. The van der Waals surface area contributed by atoms with Gasteiger partial charge in [0.2, 0.25) is 5.91 Å². The van der Waals surface area contributed by atoms with E-state index in [4.69, 9.17) is 26.8 Å². The van der Waals surface area contributed by atoms with E-state index in [9.17, 15) is 4.79 Å².